The van der Waals surface area contributed by atoms with E-state index in [0.29, 0.717) is 31.5 Å². The summed E-state index contributed by atoms with van der Waals surface area (Å²) in [5.74, 6) is 0.384. The maximum absolute atomic E-state index is 11.8. The summed E-state index contributed by atoms with van der Waals surface area (Å²) in [6, 6.07) is 0.488. The van der Waals surface area contributed by atoms with Crippen LogP contribution in [0.15, 0.2) is 0 Å². The summed E-state index contributed by atoms with van der Waals surface area (Å²) < 4.78 is 10.5. The van der Waals surface area contributed by atoms with E-state index >= 15 is 0 Å². The van der Waals surface area contributed by atoms with Crippen molar-refractivity contribution in [2.24, 2.45) is 5.92 Å². The number of ether oxygens (including phenoxy) is 2. The van der Waals surface area contributed by atoms with Gasteiger partial charge in [0.05, 0.1) is 6.61 Å². The molecule has 3 N–H and O–H groups in total. The Morgan fingerprint density at radius 3 is 2.61 bits per heavy atom. The van der Waals surface area contributed by atoms with E-state index in [4.69, 9.17) is 9.47 Å². The van der Waals surface area contributed by atoms with Gasteiger partial charge in [-0.05, 0) is 46.0 Å². The lowest BCUT2D eigenvalue weighted by Crippen LogP contribution is -2.49. The van der Waals surface area contributed by atoms with Gasteiger partial charge in [-0.15, -0.1) is 0 Å². The van der Waals surface area contributed by atoms with Crippen LogP contribution in [-0.4, -0.2) is 55.8 Å². The number of aliphatic hydroxyl groups excluding tert-OH is 1. The van der Waals surface area contributed by atoms with Crippen LogP contribution < -0.4 is 10.6 Å². The monoisotopic (exact) mass is 330 g/mol. The van der Waals surface area contributed by atoms with Gasteiger partial charge in [-0.1, -0.05) is 12.8 Å². The third kappa shape index (κ3) is 8.53. The van der Waals surface area contributed by atoms with Crippen molar-refractivity contribution < 1.29 is 19.4 Å². The first-order valence-electron chi connectivity index (χ1n) is 8.68. The van der Waals surface area contributed by atoms with Crippen LogP contribution in [-0.2, 0) is 9.47 Å². The fourth-order valence-corrected chi connectivity index (χ4v) is 3.07. The average molecular weight is 330 g/mol. The molecule has 1 aliphatic rings. The molecule has 3 atom stereocenters. The molecule has 1 rings (SSSR count). The van der Waals surface area contributed by atoms with Gasteiger partial charge in [-0.3, -0.25) is 0 Å². The van der Waals surface area contributed by atoms with E-state index < -0.39 is 5.60 Å². The van der Waals surface area contributed by atoms with Crippen molar-refractivity contribution in [3.05, 3.63) is 0 Å². The Kier molecular flexibility index (Phi) is 8.87. The molecule has 0 aromatic rings. The summed E-state index contributed by atoms with van der Waals surface area (Å²) in [5.41, 5.74) is -0.473. The van der Waals surface area contributed by atoms with Crippen LogP contribution >= 0.6 is 0 Å². The fraction of sp³-hybridized carbons (Fsp3) is 0.941. The molecule has 1 fully saturated rings. The molecule has 1 aliphatic carbocycles. The second-order valence-electron chi connectivity index (χ2n) is 7.37. The Balaban J connectivity index is 2.48. The van der Waals surface area contributed by atoms with Gasteiger partial charge in [-0.25, -0.2) is 4.79 Å². The second-order valence-corrected chi connectivity index (χ2v) is 7.37. The number of aliphatic hydroxyl groups is 1. The fourth-order valence-electron chi connectivity index (χ4n) is 3.07. The van der Waals surface area contributed by atoms with E-state index in [1.54, 1.807) is 7.11 Å². The lowest BCUT2D eigenvalue weighted by atomic mass is 9.84. The minimum absolute atomic E-state index is 0.147. The number of hydrogen-bond acceptors (Lipinski definition) is 5. The number of amides is 1. The van der Waals surface area contributed by atoms with Gasteiger partial charge < -0.3 is 25.2 Å². The lowest BCUT2D eigenvalue weighted by molar-refractivity contribution is 0.0507. The highest BCUT2D eigenvalue weighted by Crippen LogP contribution is 2.24. The average Bonchev–Trinajstić information content (AvgIpc) is 2.45. The molecule has 1 amide bonds. The standard InChI is InChI=1S/C17H34N2O4/c1-17(2,3)23-16(21)18-11-13-7-5-6-8-15(13)19-14(9-10-20)12-22-4/h13-15,19-20H,5-12H2,1-4H3,(H,18,21). The molecule has 0 heterocycles. The van der Waals surface area contributed by atoms with Crippen molar-refractivity contribution in [2.75, 3.05) is 26.9 Å². The van der Waals surface area contributed by atoms with E-state index in [0.717, 1.165) is 12.8 Å². The molecule has 0 bridgehead atoms. The van der Waals surface area contributed by atoms with Gasteiger partial charge >= 0.3 is 6.09 Å². The van der Waals surface area contributed by atoms with Crippen LogP contribution in [0.4, 0.5) is 4.79 Å². The molecule has 0 aromatic carbocycles. The summed E-state index contributed by atoms with van der Waals surface area (Å²) in [7, 11) is 1.68. The zero-order valence-corrected chi connectivity index (χ0v) is 15.1. The molecule has 0 aromatic heterocycles. The van der Waals surface area contributed by atoms with Gasteiger partial charge in [0.25, 0.3) is 0 Å². The highest BCUT2D eigenvalue weighted by Gasteiger charge is 2.28. The number of carbonyl (C=O) groups excluding carboxylic acids is 1. The van der Waals surface area contributed by atoms with Crippen LogP contribution in [0.5, 0.6) is 0 Å². The summed E-state index contributed by atoms with van der Waals surface area (Å²) in [6.07, 6.45) is 4.88. The number of nitrogens with one attached hydrogen (secondary N) is 2. The number of rotatable bonds is 8. The maximum atomic E-state index is 11.8. The topological polar surface area (TPSA) is 79.8 Å². The molecule has 1 saturated carbocycles. The lowest BCUT2D eigenvalue weighted by Gasteiger charge is -2.35. The summed E-state index contributed by atoms with van der Waals surface area (Å²) >= 11 is 0. The highest BCUT2D eigenvalue weighted by atomic mass is 16.6. The first-order chi connectivity index (χ1) is 10.9. The van der Waals surface area contributed by atoms with Crippen molar-refractivity contribution >= 4 is 6.09 Å². The molecule has 3 unspecified atom stereocenters. The Morgan fingerprint density at radius 2 is 2.00 bits per heavy atom. The largest absolute Gasteiger partial charge is 0.444 e. The number of carbonyl (C=O) groups is 1. The molecule has 6 heteroatoms. The third-order valence-electron chi connectivity index (χ3n) is 4.11. The molecule has 0 spiro atoms. The Bertz CT molecular complexity index is 338. The van der Waals surface area contributed by atoms with Gasteiger partial charge in [0.15, 0.2) is 0 Å². The molecule has 0 saturated heterocycles. The minimum Gasteiger partial charge on any atom is -0.444 e. The Hall–Kier alpha value is -0.850. The van der Waals surface area contributed by atoms with E-state index in [9.17, 15) is 9.90 Å². The van der Waals surface area contributed by atoms with E-state index in [1.165, 1.54) is 12.8 Å². The van der Waals surface area contributed by atoms with Crippen LogP contribution in [0.1, 0.15) is 52.9 Å². The third-order valence-corrected chi connectivity index (χ3v) is 4.11. The van der Waals surface area contributed by atoms with Crippen LogP contribution in [0, 0.1) is 5.92 Å². The van der Waals surface area contributed by atoms with Gasteiger partial charge in [-0.2, -0.15) is 0 Å². The molecule has 0 aliphatic heterocycles. The van der Waals surface area contributed by atoms with Gasteiger partial charge in [0.1, 0.15) is 5.60 Å². The molecule has 23 heavy (non-hydrogen) atoms. The normalized spacial score (nSPS) is 23.3. The smallest absolute Gasteiger partial charge is 0.407 e. The highest BCUT2D eigenvalue weighted by molar-refractivity contribution is 5.67. The van der Waals surface area contributed by atoms with Crippen LogP contribution in [0.2, 0.25) is 0 Å². The van der Waals surface area contributed by atoms with Crippen LogP contribution in [0.3, 0.4) is 0 Å². The quantitative estimate of drug-likeness (QED) is 0.635. The van der Waals surface area contributed by atoms with Gasteiger partial charge in [0.2, 0.25) is 0 Å². The second kappa shape index (κ2) is 10.1. The maximum Gasteiger partial charge on any atom is 0.407 e. The van der Waals surface area contributed by atoms with E-state index in [1.807, 2.05) is 20.8 Å². The van der Waals surface area contributed by atoms with Crippen LogP contribution in [0.25, 0.3) is 0 Å². The van der Waals surface area contributed by atoms with E-state index in [-0.39, 0.29) is 18.7 Å². The Labute approximate surface area is 140 Å². The zero-order valence-electron chi connectivity index (χ0n) is 15.1. The van der Waals surface area contributed by atoms with Crippen molar-refractivity contribution in [1.29, 1.82) is 0 Å². The molecular formula is C17H34N2O4. The number of methoxy groups -OCH3 is 1. The first kappa shape index (κ1) is 20.2. The number of alkyl carbamates (subject to hydrolysis) is 1. The summed E-state index contributed by atoms with van der Waals surface area (Å²) in [6.45, 7) is 6.94. The van der Waals surface area contributed by atoms with Crippen molar-refractivity contribution in [3.8, 4) is 0 Å². The molecular weight excluding hydrogens is 296 g/mol. The van der Waals surface area contributed by atoms with Crippen molar-refractivity contribution in [1.82, 2.24) is 10.6 Å². The predicted octanol–water partition coefficient (Wildman–Crippen LogP) is 2.06. The predicted molar refractivity (Wildman–Crippen MR) is 90.5 cm³/mol. The molecule has 0 radical (unpaired) electrons. The minimum atomic E-state index is -0.473. The van der Waals surface area contributed by atoms with E-state index in [2.05, 4.69) is 10.6 Å². The SMILES string of the molecule is COCC(CCO)NC1CCCCC1CNC(=O)OC(C)(C)C. The van der Waals surface area contributed by atoms with Crippen molar-refractivity contribution in [2.45, 2.75) is 70.6 Å². The zero-order chi connectivity index (χ0) is 17.3. The molecule has 6 nitrogen and oxygen atoms in total. The first-order valence-corrected chi connectivity index (χ1v) is 8.68. The number of hydrogen-bond donors (Lipinski definition) is 3. The van der Waals surface area contributed by atoms with Gasteiger partial charge in [0, 0.05) is 32.3 Å². The van der Waals surface area contributed by atoms with Crippen molar-refractivity contribution in [3.63, 3.8) is 0 Å². The summed E-state index contributed by atoms with van der Waals surface area (Å²) in [4.78, 5) is 11.8. The Morgan fingerprint density at radius 1 is 1.30 bits per heavy atom. The molecule has 136 valence electrons. The summed E-state index contributed by atoms with van der Waals surface area (Å²) in [5, 5.41) is 15.7.